The Morgan fingerprint density at radius 1 is 1.21 bits per heavy atom. The van der Waals surface area contributed by atoms with E-state index in [1.807, 2.05) is 5.32 Å². The maximum absolute atomic E-state index is 14.0. The summed E-state index contributed by atoms with van der Waals surface area (Å²) in [6, 6.07) is 5.23. The number of methoxy groups -OCH3 is 1. The van der Waals surface area contributed by atoms with Crippen molar-refractivity contribution in [1.29, 1.82) is 0 Å². The number of aliphatic imine (C=N–C) groups is 1. The smallest absolute Gasteiger partial charge is 0.442 e. The third kappa shape index (κ3) is 3.45. The SMILES string of the molecule is COc1ccc(C(=O)NC2(C(F)(F)F)N=C(C)N(C3CCCCC3)C2=O)cc1. The summed E-state index contributed by atoms with van der Waals surface area (Å²) in [4.78, 5) is 30.2. The van der Waals surface area contributed by atoms with E-state index in [0.717, 1.165) is 24.2 Å². The molecule has 6 nitrogen and oxygen atoms in total. The summed E-state index contributed by atoms with van der Waals surface area (Å²) in [5.41, 5.74) is -3.33. The number of nitrogens with one attached hydrogen (secondary N) is 1. The number of carbonyl (C=O) groups excluding carboxylic acids is 2. The molecule has 2 aliphatic rings. The second kappa shape index (κ2) is 7.44. The van der Waals surface area contributed by atoms with Crippen LogP contribution in [0.4, 0.5) is 13.2 Å². The first kappa shape index (κ1) is 20.2. The lowest BCUT2D eigenvalue weighted by atomic mass is 9.93. The van der Waals surface area contributed by atoms with Crippen LogP contribution in [0.3, 0.4) is 0 Å². The summed E-state index contributed by atoms with van der Waals surface area (Å²) in [6.45, 7) is 1.37. The topological polar surface area (TPSA) is 71.0 Å². The number of ether oxygens (including phenoxy) is 1. The van der Waals surface area contributed by atoms with Crippen LogP contribution in [0.25, 0.3) is 0 Å². The third-order valence-electron chi connectivity index (χ3n) is 5.20. The number of amidine groups is 1. The van der Waals surface area contributed by atoms with E-state index in [1.165, 1.54) is 38.3 Å². The molecule has 0 saturated heterocycles. The molecule has 152 valence electrons. The van der Waals surface area contributed by atoms with Crippen LogP contribution in [0.5, 0.6) is 5.75 Å². The molecule has 9 heteroatoms. The van der Waals surface area contributed by atoms with Gasteiger partial charge < -0.3 is 10.1 Å². The molecule has 1 N–H and O–H groups in total. The fourth-order valence-corrected chi connectivity index (χ4v) is 3.75. The minimum absolute atomic E-state index is 0.0238. The molecule has 1 aromatic carbocycles. The lowest BCUT2D eigenvalue weighted by Crippen LogP contribution is -2.64. The maximum Gasteiger partial charge on any atom is 0.442 e. The molecule has 1 aromatic rings. The number of hydrogen-bond acceptors (Lipinski definition) is 4. The summed E-state index contributed by atoms with van der Waals surface area (Å²) in [5.74, 6) is -1.85. The summed E-state index contributed by atoms with van der Waals surface area (Å²) < 4.78 is 46.9. The Morgan fingerprint density at radius 2 is 1.82 bits per heavy atom. The summed E-state index contributed by atoms with van der Waals surface area (Å²) in [5, 5.41) is 1.85. The highest BCUT2D eigenvalue weighted by Gasteiger charge is 2.67. The van der Waals surface area contributed by atoms with E-state index in [4.69, 9.17) is 4.74 Å². The minimum atomic E-state index is -5.07. The van der Waals surface area contributed by atoms with E-state index in [0.29, 0.717) is 18.6 Å². The predicted octanol–water partition coefficient (Wildman–Crippen LogP) is 3.28. The number of halogens is 3. The molecule has 1 aliphatic heterocycles. The van der Waals surface area contributed by atoms with E-state index < -0.39 is 23.7 Å². The maximum atomic E-state index is 14.0. The first-order valence-electron chi connectivity index (χ1n) is 9.13. The second-order valence-electron chi connectivity index (χ2n) is 7.02. The fourth-order valence-electron chi connectivity index (χ4n) is 3.75. The van der Waals surface area contributed by atoms with Gasteiger partial charge in [0.05, 0.1) is 7.11 Å². The van der Waals surface area contributed by atoms with E-state index in [-0.39, 0.29) is 17.4 Å². The van der Waals surface area contributed by atoms with Crippen molar-refractivity contribution in [2.75, 3.05) is 7.11 Å². The Balaban J connectivity index is 1.91. The predicted molar refractivity (Wildman–Crippen MR) is 96.1 cm³/mol. The van der Waals surface area contributed by atoms with Crippen molar-refractivity contribution in [3.8, 4) is 5.75 Å². The van der Waals surface area contributed by atoms with E-state index >= 15 is 0 Å². The number of benzene rings is 1. The normalized spacial score (nSPS) is 23.5. The summed E-state index contributed by atoms with van der Waals surface area (Å²) in [7, 11) is 1.43. The van der Waals surface area contributed by atoms with Crippen LogP contribution < -0.4 is 10.1 Å². The van der Waals surface area contributed by atoms with Crippen LogP contribution in [0.1, 0.15) is 49.4 Å². The number of nitrogens with zero attached hydrogens (tertiary/aromatic N) is 2. The first-order chi connectivity index (χ1) is 13.2. The molecule has 0 bridgehead atoms. The number of alkyl halides is 3. The van der Waals surface area contributed by atoms with Gasteiger partial charge >= 0.3 is 11.8 Å². The van der Waals surface area contributed by atoms with Crippen molar-refractivity contribution in [3.05, 3.63) is 29.8 Å². The molecule has 1 unspecified atom stereocenters. The summed E-state index contributed by atoms with van der Waals surface area (Å²) in [6.07, 6.45) is -1.14. The van der Waals surface area contributed by atoms with Crippen molar-refractivity contribution in [2.45, 2.75) is 56.9 Å². The highest BCUT2D eigenvalue weighted by molar-refractivity contribution is 6.10. The van der Waals surface area contributed by atoms with Gasteiger partial charge in [-0.2, -0.15) is 13.2 Å². The Labute approximate surface area is 160 Å². The van der Waals surface area contributed by atoms with Crippen LogP contribution in [0.15, 0.2) is 29.3 Å². The van der Waals surface area contributed by atoms with Crippen molar-refractivity contribution in [3.63, 3.8) is 0 Å². The molecule has 3 rings (SSSR count). The van der Waals surface area contributed by atoms with Gasteiger partial charge in [-0.25, -0.2) is 4.99 Å². The lowest BCUT2D eigenvalue weighted by Gasteiger charge is -2.34. The first-order valence-corrected chi connectivity index (χ1v) is 9.13. The standard InChI is InChI=1S/C19H22F3N3O3/c1-12-23-18(19(20,21)22,17(27)25(12)14-6-4-3-5-7-14)24-16(26)13-8-10-15(28-2)11-9-13/h8-11,14H,3-7H2,1-2H3,(H,24,26). The van der Waals surface area contributed by atoms with Gasteiger partial charge in [0.2, 0.25) is 0 Å². The average molecular weight is 397 g/mol. The highest BCUT2D eigenvalue weighted by atomic mass is 19.4. The molecule has 2 amide bonds. The van der Waals surface area contributed by atoms with Crippen LogP contribution in [-0.4, -0.2) is 47.5 Å². The third-order valence-corrected chi connectivity index (χ3v) is 5.20. The van der Waals surface area contributed by atoms with Gasteiger partial charge in [0.15, 0.2) is 0 Å². The molecule has 1 aliphatic carbocycles. The van der Waals surface area contributed by atoms with Crippen molar-refractivity contribution in [2.24, 2.45) is 4.99 Å². The Morgan fingerprint density at radius 3 is 2.36 bits per heavy atom. The van der Waals surface area contributed by atoms with Crippen LogP contribution in [0.2, 0.25) is 0 Å². The van der Waals surface area contributed by atoms with Crippen molar-refractivity contribution in [1.82, 2.24) is 10.2 Å². The molecule has 28 heavy (non-hydrogen) atoms. The molecule has 1 fully saturated rings. The Kier molecular flexibility index (Phi) is 5.36. The van der Waals surface area contributed by atoms with E-state index in [2.05, 4.69) is 4.99 Å². The lowest BCUT2D eigenvalue weighted by molar-refractivity contribution is -0.197. The zero-order valence-electron chi connectivity index (χ0n) is 15.7. The number of rotatable bonds is 4. The van der Waals surface area contributed by atoms with Crippen LogP contribution in [-0.2, 0) is 4.79 Å². The molecular weight excluding hydrogens is 375 g/mol. The monoisotopic (exact) mass is 397 g/mol. The van der Waals surface area contributed by atoms with Gasteiger partial charge in [-0.3, -0.25) is 14.5 Å². The number of carbonyl (C=O) groups is 2. The molecule has 1 atom stereocenters. The van der Waals surface area contributed by atoms with Crippen molar-refractivity contribution < 1.29 is 27.5 Å². The molecule has 0 spiro atoms. The van der Waals surface area contributed by atoms with Crippen LogP contribution in [0, 0.1) is 0 Å². The zero-order chi connectivity index (χ0) is 20.5. The highest BCUT2D eigenvalue weighted by Crippen LogP contribution is 2.39. The Hall–Kier alpha value is -2.58. The number of amides is 2. The van der Waals surface area contributed by atoms with Gasteiger partial charge in [-0.15, -0.1) is 0 Å². The Bertz CT molecular complexity index is 786. The van der Waals surface area contributed by atoms with Gasteiger partial charge in [0.1, 0.15) is 11.6 Å². The molecule has 1 heterocycles. The average Bonchev–Trinajstić information content (AvgIpc) is 2.93. The van der Waals surface area contributed by atoms with E-state index in [1.54, 1.807) is 0 Å². The molecule has 1 saturated carbocycles. The molecular formula is C19H22F3N3O3. The summed E-state index contributed by atoms with van der Waals surface area (Å²) >= 11 is 0. The fraction of sp³-hybridized carbons (Fsp3) is 0.526. The van der Waals surface area contributed by atoms with Crippen molar-refractivity contribution >= 4 is 17.6 Å². The van der Waals surface area contributed by atoms with Gasteiger partial charge in [0.25, 0.3) is 11.8 Å². The van der Waals surface area contributed by atoms with Gasteiger partial charge in [-0.1, -0.05) is 19.3 Å². The quantitative estimate of drug-likeness (QED) is 0.848. The van der Waals surface area contributed by atoms with Gasteiger partial charge in [0, 0.05) is 11.6 Å². The number of hydrogen-bond donors (Lipinski definition) is 1. The second-order valence-corrected chi connectivity index (χ2v) is 7.02. The van der Waals surface area contributed by atoms with Crippen LogP contribution >= 0.6 is 0 Å². The largest absolute Gasteiger partial charge is 0.497 e. The molecule has 0 aromatic heterocycles. The van der Waals surface area contributed by atoms with Gasteiger partial charge in [-0.05, 0) is 44.0 Å². The van der Waals surface area contributed by atoms with E-state index in [9.17, 15) is 22.8 Å². The minimum Gasteiger partial charge on any atom is -0.497 e. The zero-order valence-corrected chi connectivity index (χ0v) is 15.7. The molecule has 0 radical (unpaired) electrons.